The molecule has 1 heterocycles. The van der Waals surface area contributed by atoms with E-state index >= 15 is 0 Å². The number of carbonyl (C=O) groups is 1. The molecule has 106 valence electrons. The van der Waals surface area contributed by atoms with Crippen LogP contribution < -0.4 is 5.32 Å². The molecule has 0 aliphatic rings. The van der Waals surface area contributed by atoms with Crippen LogP contribution in [0.5, 0.6) is 0 Å². The van der Waals surface area contributed by atoms with Crippen LogP contribution in [0, 0.1) is 12.7 Å². The van der Waals surface area contributed by atoms with E-state index in [1.165, 1.54) is 18.2 Å². The van der Waals surface area contributed by atoms with Crippen LogP contribution in [0.2, 0.25) is 0 Å². The largest absolute Gasteiger partial charge is 0.307 e. The molecule has 1 aromatic carbocycles. The Bertz CT molecular complexity index is 641. The van der Waals surface area contributed by atoms with Crippen LogP contribution in [-0.4, -0.2) is 15.7 Å². The van der Waals surface area contributed by atoms with E-state index in [-0.39, 0.29) is 17.0 Å². The van der Waals surface area contributed by atoms with E-state index < -0.39 is 5.82 Å². The smallest absolute Gasteiger partial charge is 0.256 e. The number of carbonyl (C=O) groups excluding carboxylic acids is 1. The second-order valence-electron chi connectivity index (χ2n) is 5.72. The molecule has 1 aromatic heterocycles. The highest BCUT2D eigenvalue weighted by Gasteiger charge is 2.20. The fraction of sp³-hybridized carbons (Fsp3) is 0.333. The van der Waals surface area contributed by atoms with Gasteiger partial charge in [-0.1, -0.05) is 6.07 Å². The monoisotopic (exact) mass is 275 g/mol. The van der Waals surface area contributed by atoms with Crippen molar-refractivity contribution in [1.82, 2.24) is 9.78 Å². The summed E-state index contributed by atoms with van der Waals surface area (Å²) in [4.78, 5) is 12.1. The zero-order chi connectivity index (χ0) is 14.9. The van der Waals surface area contributed by atoms with Gasteiger partial charge in [0.2, 0.25) is 0 Å². The van der Waals surface area contributed by atoms with Gasteiger partial charge in [0.15, 0.2) is 0 Å². The van der Waals surface area contributed by atoms with E-state index in [4.69, 9.17) is 0 Å². The number of benzene rings is 1. The predicted octanol–water partition coefficient (Wildman–Crippen LogP) is 3.34. The number of hydrogen-bond donors (Lipinski definition) is 1. The molecule has 0 spiro atoms. The maximum atomic E-state index is 13.1. The first kappa shape index (κ1) is 14.2. The Morgan fingerprint density at radius 3 is 2.60 bits per heavy atom. The molecule has 0 radical (unpaired) electrons. The molecule has 0 aliphatic heterocycles. The van der Waals surface area contributed by atoms with Crippen molar-refractivity contribution in [3.63, 3.8) is 0 Å². The standard InChI is InChI=1S/C15H18FN3O/c1-10-8-13(19(18-10)15(2,3)4)17-14(20)11-6-5-7-12(16)9-11/h5-9H,1-4H3,(H,17,20). The Balaban J connectivity index is 2.29. The van der Waals surface area contributed by atoms with Gasteiger partial charge >= 0.3 is 0 Å². The molecule has 0 aliphatic carbocycles. The number of nitrogens with zero attached hydrogens (tertiary/aromatic N) is 2. The molecular weight excluding hydrogens is 257 g/mol. The van der Waals surface area contributed by atoms with Gasteiger partial charge < -0.3 is 5.32 Å². The van der Waals surface area contributed by atoms with Gasteiger partial charge in [0.05, 0.1) is 11.2 Å². The van der Waals surface area contributed by atoms with E-state index in [2.05, 4.69) is 10.4 Å². The van der Waals surface area contributed by atoms with Crippen molar-refractivity contribution in [3.05, 3.63) is 47.4 Å². The minimum absolute atomic E-state index is 0.251. The van der Waals surface area contributed by atoms with Crippen molar-refractivity contribution in [2.75, 3.05) is 5.32 Å². The first-order valence-electron chi connectivity index (χ1n) is 6.41. The van der Waals surface area contributed by atoms with Crippen molar-refractivity contribution in [2.45, 2.75) is 33.2 Å². The van der Waals surface area contributed by atoms with Crippen LogP contribution in [0.1, 0.15) is 36.8 Å². The maximum absolute atomic E-state index is 13.1. The zero-order valence-electron chi connectivity index (χ0n) is 12.1. The van der Waals surface area contributed by atoms with Crippen LogP contribution in [-0.2, 0) is 5.54 Å². The lowest BCUT2D eigenvalue weighted by atomic mass is 10.1. The van der Waals surface area contributed by atoms with Crippen molar-refractivity contribution in [2.24, 2.45) is 0 Å². The number of anilines is 1. The number of halogens is 1. The van der Waals surface area contributed by atoms with Crippen molar-refractivity contribution in [3.8, 4) is 0 Å². The molecule has 0 saturated carbocycles. The fourth-order valence-electron chi connectivity index (χ4n) is 1.92. The third kappa shape index (κ3) is 3.04. The molecule has 2 aromatic rings. The average Bonchev–Trinajstić information content (AvgIpc) is 2.70. The van der Waals surface area contributed by atoms with Gasteiger partial charge in [-0.25, -0.2) is 9.07 Å². The summed E-state index contributed by atoms with van der Waals surface area (Å²) in [6, 6.07) is 7.39. The first-order valence-corrected chi connectivity index (χ1v) is 6.41. The fourth-order valence-corrected chi connectivity index (χ4v) is 1.92. The molecular formula is C15H18FN3O. The van der Waals surface area contributed by atoms with Crippen LogP contribution in [0.3, 0.4) is 0 Å². The lowest BCUT2D eigenvalue weighted by molar-refractivity contribution is 0.102. The lowest BCUT2D eigenvalue weighted by Crippen LogP contribution is -2.26. The van der Waals surface area contributed by atoms with Crippen LogP contribution in [0.4, 0.5) is 10.2 Å². The third-order valence-corrected chi connectivity index (χ3v) is 2.80. The van der Waals surface area contributed by atoms with Crippen molar-refractivity contribution < 1.29 is 9.18 Å². The quantitative estimate of drug-likeness (QED) is 0.913. The van der Waals surface area contributed by atoms with Gasteiger partial charge in [-0.2, -0.15) is 5.10 Å². The normalized spacial score (nSPS) is 11.4. The van der Waals surface area contributed by atoms with Gasteiger partial charge in [-0.05, 0) is 45.9 Å². The summed E-state index contributed by atoms with van der Waals surface area (Å²) in [7, 11) is 0. The molecule has 4 nitrogen and oxygen atoms in total. The molecule has 0 atom stereocenters. The molecule has 5 heteroatoms. The van der Waals surface area contributed by atoms with E-state index in [9.17, 15) is 9.18 Å². The Morgan fingerprint density at radius 1 is 1.30 bits per heavy atom. The highest BCUT2D eigenvalue weighted by atomic mass is 19.1. The Hall–Kier alpha value is -2.17. The average molecular weight is 275 g/mol. The predicted molar refractivity (Wildman–Crippen MR) is 76.3 cm³/mol. The second kappa shape index (κ2) is 5.07. The summed E-state index contributed by atoms with van der Waals surface area (Å²) < 4.78 is 14.9. The highest BCUT2D eigenvalue weighted by Crippen LogP contribution is 2.21. The number of aryl methyl sites for hydroxylation is 1. The molecule has 0 bridgehead atoms. The van der Waals surface area contributed by atoms with E-state index in [1.54, 1.807) is 16.8 Å². The van der Waals surface area contributed by atoms with Gasteiger partial charge in [0.25, 0.3) is 5.91 Å². The molecule has 0 fully saturated rings. The van der Waals surface area contributed by atoms with E-state index in [1.807, 2.05) is 27.7 Å². The first-order chi connectivity index (χ1) is 9.27. The van der Waals surface area contributed by atoms with Gasteiger partial charge in [-0.15, -0.1) is 0 Å². The summed E-state index contributed by atoms with van der Waals surface area (Å²) in [5.41, 5.74) is 0.845. The van der Waals surface area contributed by atoms with Crippen LogP contribution in [0.25, 0.3) is 0 Å². The molecule has 1 N–H and O–H groups in total. The molecule has 0 saturated heterocycles. The number of hydrogen-bond acceptors (Lipinski definition) is 2. The summed E-state index contributed by atoms with van der Waals surface area (Å²) in [6.45, 7) is 7.85. The minimum Gasteiger partial charge on any atom is -0.307 e. The topological polar surface area (TPSA) is 46.9 Å². The van der Waals surface area contributed by atoms with E-state index in [0.29, 0.717) is 5.82 Å². The number of rotatable bonds is 2. The van der Waals surface area contributed by atoms with Crippen LogP contribution in [0.15, 0.2) is 30.3 Å². The summed E-state index contributed by atoms with van der Waals surface area (Å²) in [6.07, 6.45) is 0. The van der Waals surface area contributed by atoms with Gasteiger partial charge in [-0.3, -0.25) is 4.79 Å². The lowest BCUT2D eigenvalue weighted by Gasteiger charge is -2.22. The Morgan fingerprint density at radius 2 is 2.00 bits per heavy atom. The molecule has 1 amide bonds. The second-order valence-corrected chi connectivity index (χ2v) is 5.72. The maximum Gasteiger partial charge on any atom is 0.256 e. The summed E-state index contributed by atoms with van der Waals surface area (Å²) >= 11 is 0. The number of nitrogens with one attached hydrogen (secondary N) is 1. The number of aromatic nitrogens is 2. The molecule has 20 heavy (non-hydrogen) atoms. The van der Waals surface area contributed by atoms with Crippen molar-refractivity contribution in [1.29, 1.82) is 0 Å². The van der Waals surface area contributed by atoms with Crippen molar-refractivity contribution >= 4 is 11.7 Å². The van der Waals surface area contributed by atoms with Crippen LogP contribution >= 0.6 is 0 Å². The molecule has 0 unspecified atom stereocenters. The Kier molecular flexibility index (Phi) is 3.61. The van der Waals surface area contributed by atoms with Gasteiger partial charge in [0, 0.05) is 11.6 Å². The summed E-state index contributed by atoms with van der Waals surface area (Å²) in [5, 5.41) is 7.15. The minimum atomic E-state index is -0.432. The number of amides is 1. The Labute approximate surface area is 117 Å². The third-order valence-electron chi connectivity index (χ3n) is 2.80. The molecule has 2 rings (SSSR count). The zero-order valence-corrected chi connectivity index (χ0v) is 12.1. The SMILES string of the molecule is Cc1cc(NC(=O)c2cccc(F)c2)n(C(C)(C)C)n1. The van der Waals surface area contributed by atoms with E-state index in [0.717, 1.165) is 5.69 Å². The van der Waals surface area contributed by atoms with Gasteiger partial charge in [0.1, 0.15) is 11.6 Å². The summed E-state index contributed by atoms with van der Waals surface area (Å²) in [5.74, 6) is -0.183. The highest BCUT2D eigenvalue weighted by molar-refractivity contribution is 6.03.